The number of benzene rings is 1. The second-order valence-electron chi connectivity index (χ2n) is 5.48. The van der Waals surface area contributed by atoms with Gasteiger partial charge in [-0.2, -0.15) is 0 Å². The molecule has 4 nitrogen and oxygen atoms in total. The van der Waals surface area contributed by atoms with Crippen molar-refractivity contribution in [3.05, 3.63) is 51.7 Å². The van der Waals surface area contributed by atoms with Crippen LogP contribution < -0.4 is 16.0 Å². The SMILES string of the molecule is Cc1ccc(CN=C(N)NCCc2cccs2)c(N(C)C)c1.I. The lowest BCUT2D eigenvalue weighted by Gasteiger charge is -2.17. The number of halogens is 1. The van der Waals surface area contributed by atoms with Gasteiger partial charge in [-0.3, -0.25) is 0 Å². The Bertz CT molecular complexity index is 624. The van der Waals surface area contributed by atoms with Crippen LogP contribution in [0.3, 0.4) is 0 Å². The predicted octanol–water partition coefficient (Wildman–Crippen LogP) is 3.39. The summed E-state index contributed by atoms with van der Waals surface area (Å²) in [7, 11) is 4.09. The maximum atomic E-state index is 5.95. The number of rotatable bonds is 6. The average Bonchev–Trinajstić information content (AvgIpc) is 2.99. The highest BCUT2D eigenvalue weighted by Gasteiger charge is 2.04. The van der Waals surface area contributed by atoms with E-state index in [-0.39, 0.29) is 24.0 Å². The van der Waals surface area contributed by atoms with Gasteiger partial charge in [0, 0.05) is 31.2 Å². The van der Waals surface area contributed by atoms with Crippen LogP contribution in [-0.2, 0) is 13.0 Å². The normalized spacial score (nSPS) is 11.0. The molecule has 6 heteroatoms. The van der Waals surface area contributed by atoms with E-state index in [4.69, 9.17) is 5.73 Å². The van der Waals surface area contributed by atoms with E-state index < -0.39 is 0 Å². The molecule has 0 atom stereocenters. The Morgan fingerprint density at radius 2 is 2.09 bits per heavy atom. The summed E-state index contributed by atoms with van der Waals surface area (Å²) in [5.41, 5.74) is 9.56. The number of aryl methyl sites for hydroxylation is 1. The van der Waals surface area contributed by atoms with Crippen molar-refractivity contribution < 1.29 is 0 Å². The summed E-state index contributed by atoms with van der Waals surface area (Å²) in [6.45, 7) is 3.50. The third-order valence-corrected chi connectivity index (χ3v) is 4.34. The van der Waals surface area contributed by atoms with Crippen molar-refractivity contribution in [2.75, 3.05) is 25.5 Å². The molecule has 23 heavy (non-hydrogen) atoms. The summed E-state index contributed by atoms with van der Waals surface area (Å²) in [4.78, 5) is 7.91. The van der Waals surface area contributed by atoms with Crippen molar-refractivity contribution in [1.29, 1.82) is 0 Å². The van der Waals surface area contributed by atoms with E-state index in [1.165, 1.54) is 21.7 Å². The van der Waals surface area contributed by atoms with Crippen molar-refractivity contribution in [2.45, 2.75) is 19.9 Å². The number of hydrogen-bond donors (Lipinski definition) is 2. The van der Waals surface area contributed by atoms with Crippen LogP contribution in [-0.4, -0.2) is 26.6 Å². The largest absolute Gasteiger partial charge is 0.377 e. The fourth-order valence-corrected chi connectivity index (χ4v) is 2.93. The van der Waals surface area contributed by atoms with Crippen molar-refractivity contribution in [3.63, 3.8) is 0 Å². The smallest absolute Gasteiger partial charge is 0.188 e. The van der Waals surface area contributed by atoms with Crippen LogP contribution in [0.4, 0.5) is 5.69 Å². The molecule has 0 saturated carbocycles. The monoisotopic (exact) mass is 444 g/mol. The van der Waals surface area contributed by atoms with Crippen LogP contribution in [0.1, 0.15) is 16.0 Å². The first-order chi connectivity index (χ1) is 10.6. The van der Waals surface area contributed by atoms with Gasteiger partial charge in [0.15, 0.2) is 5.96 Å². The highest BCUT2D eigenvalue weighted by molar-refractivity contribution is 14.0. The summed E-state index contributed by atoms with van der Waals surface area (Å²) in [6.07, 6.45) is 0.974. The van der Waals surface area contributed by atoms with Crippen molar-refractivity contribution >= 4 is 47.0 Å². The van der Waals surface area contributed by atoms with Crippen LogP contribution in [0.2, 0.25) is 0 Å². The van der Waals surface area contributed by atoms with Crippen LogP contribution in [0.15, 0.2) is 40.7 Å². The molecule has 0 aliphatic rings. The molecule has 0 aliphatic carbocycles. The van der Waals surface area contributed by atoms with E-state index >= 15 is 0 Å². The van der Waals surface area contributed by atoms with E-state index in [1.54, 1.807) is 11.3 Å². The predicted molar refractivity (Wildman–Crippen MR) is 112 cm³/mol. The van der Waals surface area contributed by atoms with E-state index in [0.29, 0.717) is 12.5 Å². The zero-order valence-electron chi connectivity index (χ0n) is 13.9. The number of nitrogens with two attached hydrogens (primary N) is 1. The summed E-state index contributed by atoms with van der Waals surface area (Å²) in [6, 6.07) is 10.6. The first-order valence-electron chi connectivity index (χ1n) is 7.39. The number of hydrogen-bond acceptors (Lipinski definition) is 3. The van der Waals surface area contributed by atoms with Crippen LogP contribution in [0.5, 0.6) is 0 Å². The molecule has 2 rings (SSSR count). The molecule has 0 unspecified atom stereocenters. The van der Waals surface area contributed by atoms with Crippen molar-refractivity contribution in [2.24, 2.45) is 10.7 Å². The maximum Gasteiger partial charge on any atom is 0.188 e. The quantitative estimate of drug-likeness (QED) is 0.408. The second kappa shape index (κ2) is 9.77. The Morgan fingerprint density at radius 1 is 1.30 bits per heavy atom. The molecule has 1 aromatic heterocycles. The average molecular weight is 444 g/mol. The molecular weight excluding hydrogens is 419 g/mol. The van der Waals surface area contributed by atoms with Gasteiger partial charge < -0.3 is 16.0 Å². The number of thiophene rings is 1. The van der Waals surface area contributed by atoms with Crippen LogP contribution in [0.25, 0.3) is 0 Å². The Kier molecular flexibility index (Phi) is 8.40. The van der Waals surface area contributed by atoms with E-state index in [9.17, 15) is 0 Å². The molecular formula is C17H25IN4S. The van der Waals surface area contributed by atoms with Crippen molar-refractivity contribution in [3.8, 4) is 0 Å². The molecule has 2 aromatic rings. The Morgan fingerprint density at radius 3 is 2.74 bits per heavy atom. The topological polar surface area (TPSA) is 53.6 Å². The van der Waals surface area contributed by atoms with Gasteiger partial charge in [-0.15, -0.1) is 35.3 Å². The molecule has 0 saturated heterocycles. The highest BCUT2D eigenvalue weighted by atomic mass is 127. The zero-order valence-corrected chi connectivity index (χ0v) is 17.0. The van der Waals surface area contributed by atoms with Gasteiger partial charge in [-0.1, -0.05) is 18.2 Å². The molecule has 0 spiro atoms. The minimum absolute atomic E-state index is 0. The molecule has 0 bridgehead atoms. The van der Waals surface area contributed by atoms with Gasteiger partial charge in [-0.25, -0.2) is 4.99 Å². The molecule has 1 aromatic carbocycles. The fourth-order valence-electron chi connectivity index (χ4n) is 2.22. The molecule has 3 N–H and O–H groups in total. The van der Waals surface area contributed by atoms with Gasteiger partial charge in [0.1, 0.15) is 0 Å². The van der Waals surface area contributed by atoms with E-state index in [0.717, 1.165) is 13.0 Å². The number of nitrogens with zero attached hydrogens (tertiary/aromatic N) is 2. The Balaban J connectivity index is 0.00000264. The van der Waals surface area contributed by atoms with Gasteiger partial charge in [0.25, 0.3) is 0 Å². The van der Waals surface area contributed by atoms with E-state index in [1.807, 2.05) is 14.1 Å². The Labute approximate surface area is 159 Å². The minimum atomic E-state index is 0. The maximum absolute atomic E-state index is 5.95. The molecule has 0 fully saturated rings. The molecule has 0 radical (unpaired) electrons. The lowest BCUT2D eigenvalue weighted by Crippen LogP contribution is -2.33. The highest BCUT2D eigenvalue weighted by Crippen LogP contribution is 2.21. The summed E-state index contributed by atoms with van der Waals surface area (Å²) in [5.74, 6) is 0.502. The van der Waals surface area contributed by atoms with Crippen molar-refractivity contribution in [1.82, 2.24) is 5.32 Å². The lowest BCUT2D eigenvalue weighted by molar-refractivity contribution is 0.856. The first kappa shape index (κ1) is 19.8. The number of nitrogens with one attached hydrogen (secondary N) is 1. The molecule has 0 aliphatic heterocycles. The molecule has 0 amide bonds. The van der Waals surface area contributed by atoms with Crippen LogP contribution >= 0.6 is 35.3 Å². The minimum Gasteiger partial charge on any atom is -0.377 e. The summed E-state index contributed by atoms with van der Waals surface area (Å²) < 4.78 is 0. The van der Waals surface area contributed by atoms with Gasteiger partial charge in [0.05, 0.1) is 6.54 Å². The second-order valence-corrected chi connectivity index (χ2v) is 6.52. The number of guanidine groups is 1. The molecule has 126 valence electrons. The molecule has 1 heterocycles. The number of anilines is 1. The fraction of sp³-hybridized carbons (Fsp3) is 0.353. The summed E-state index contributed by atoms with van der Waals surface area (Å²) >= 11 is 1.77. The third-order valence-electron chi connectivity index (χ3n) is 3.40. The van der Waals surface area contributed by atoms with Gasteiger partial charge >= 0.3 is 0 Å². The van der Waals surface area contributed by atoms with E-state index in [2.05, 4.69) is 57.8 Å². The summed E-state index contributed by atoms with van der Waals surface area (Å²) in [5, 5.41) is 5.26. The first-order valence-corrected chi connectivity index (χ1v) is 8.27. The standard InChI is InChI=1S/C17H24N4S.HI/c1-13-6-7-14(16(11-13)21(2)3)12-20-17(18)19-9-8-15-5-4-10-22-15;/h4-7,10-11H,8-9,12H2,1-3H3,(H3,18,19,20);1H. The Hall–Kier alpha value is -1.28. The number of aliphatic imine (C=N–C) groups is 1. The zero-order chi connectivity index (χ0) is 15.9. The van der Waals surface area contributed by atoms with Gasteiger partial charge in [0.2, 0.25) is 0 Å². The van der Waals surface area contributed by atoms with Gasteiger partial charge in [-0.05, 0) is 42.0 Å². The lowest BCUT2D eigenvalue weighted by atomic mass is 10.1. The third kappa shape index (κ3) is 6.39. The van der Waals surface area contributed by atoms with Crippen LogP contribution in [0, 0.1) is 6.92 Å².